The highest BCUT2D eigenvalue weighted by atomic mass is 16.7. The number of rotatable bonds is 4. The summed E-state index contributed by atoms with van der Waals surface area (Å²) in [5.41, 5.74) is -4.46. The van der Waals surface area contributed by atoms with Crippen LogP contribution < -0.4 is 0 Å². The first kappa shape index (κ1) is 29.9. The van der Waals surface area contributed by atoms with Crippen LogP contribution in [0.2, 0.25) is 0 Å². The zero-order valence-corrected chi connectivity index (χ0v) is 23.5. The Morgan fingerprint density at radius 1 is 1.02 bits per heavy atom. The molecule has 12 heteroatoms. The van der Waals surface area contributed by atoms with Crippen LogP contribution in [0.1, 0.15) is 58.8 Å². The molecule has 8 N–H and O–H groups in total. The van der Waals surface area contributed by atoms with Gasteiger partial charge in [0.15, 0.2) is 6.29 Å². The monoisotopic (exact) mass is 584 g/mol. The SMILES string of the molecule is C[C@@H]1O[C@@H](O[C@H]2C[C@H](O)[C@]3(CO)C4[C@H](O)C[C@]5(C)[C@@H](C6=CC(=O)OC6)CC[C@]5(O)[C@@H]4CC[C@]3(O)C2)[C@H](O)[C@H](O)[C@H]1O. The molecular formula is C29H44O12. The molecule has 232 valence electrons. The van der Waals surface area contributed by atoms with Gasteiger partial charge in [-0.25, -0.2) is 4.79 Å². The van der Waals surface area contributed by atoms with Crippen molar-refractivity contribution in [1.29, 1.82) is 0 Å². The minimum absolute atomic E-state index is 0.0369. The van der Waals surface area contributed by atoms with Crippen LogP contribution in [-0.2, 0) is 19.0 Å². The number of fused-ring (bicyclic) bond motifs is 5. The molecule has 4 aliphatic carbocycles. The third kappa shape index (κ3) is 3.99. The lowest BCUT2D eigenvalue weighted by Gasteiger charge is -2.68. The van der Waals surface area contributed by atoms with Crippen molar-refractivity contribution in [2.75, 3.05) is 13.2 Å². The third-order valence-electron chi connectivity index (χ3n) is 12.2. The van der Waals surface area contributed by atoms with Crippen LogP contribution in [0.15, 0.2) is 11.6 Å². The molecule has 0 amide bonds. The van der Waals surface area contributed by atoms with E-state index in [4.69, 9.17) is 14.2 Å². The van der Waals surface area contributed by atoms with Crippen molar-refractivity contribution in [2.45, 2.75) is 119 Å². The van der Waals surface area contributed by atoms with Crippen molar-refractivity contribution in [1.82, 2.24) is 0 Å². The average Bonchev–Trinajstić information content (AvgIpc) is 3.45. The molecule has 1 unspecified atom stereocenters. The van der Waals surface area contributed by atoms with Gasteiger partial charge in [-0.1, -0.05) is 6.92 Å². The molecule has 1 saturated heterocycles. The number of hydrogen-bond acceptors (Lipinski definition) is 12. The zero-order chi connectivity index (χ0) is 29.7. The van der Waals surface area contributed by atoms with Crippen molar-refractivity contribution < 1.29 is 59.9 Å². The molecule has 0 bridgehead atoms. The van der Waals surface area contributed by atoms with Crippen LogP contribution in [0.4, 0.5) is 0 Å². The normalized spacial score (nSPS) is 56.9. The highest BCUT2D eigenvalue weighted by Gasteiger charge is 2.75. The number of aliphatic hydroxyl groups is 8. The van der Waals surface area contributed by atoms with Crippen molar-refractivity contribution in [2.24, 2.45) is 28.6 Å². The van der Waals surface area contributed by atoms with E-state index in [1.165, 1.54) is 13.0 Å². The summed E-state index contributed by atoms with van der Waals surface area (Å²) in [6.45, 7) is 3.00. The van der Waals surface area contributed by atoms with Crippen LogP contribution in [0.5, 0.6) is 0 Å². The maximum atomic E-state index is 12.4. The Hall–Kier alpha value is -1.19. The summed E-state index contributed by atoms with van der Waals surface area (Å²) in [4.78, 5) is 11.8. The smallest absolute Gasteiger partial charge is 0.331 e. The van der Waals surface area contributed by atoms with Gasteiger partial charge in [0.1, 0.15) is 24.9 Å². The highest BCUT2D eigenvalue weighted by Crippen LogP contribution is 2.70. The molecule has 0 aromatic carbocycles. The predicted molar refractivity (Wildman–Crippen MR) is 139 cm³/mol. The lowest BCUT2D eigenvalue weighted by atomic mass is 9.40. The summed E-state index contributed by atoms with van der Waals surface area (Å²) >= 11 is 0. The number of esters is 1. The van der Waals surface area contributed by atoms with Crippen LogP contribution in [0.3, 0.4) is 0 Å². The van der Waals surface area contributed by atoms with E-state index in [1.54, 1.807) is 0 Å². The van der Waals surface area contributed by atoms with E-state index in [0.29, 0.717) is 19.3 Å². The number of carbonyl (C=O) groups excluding carboxylic acids is 1. The minimum atomic E-state index is -1.67. The Kier molecular flexibility index (Phi) is 7.22. The van der Waals surface area contributed by atoms with Gasteiger partial charge < -0.3 is 55.1 Å². The van der Waals surface area contributed by atoms with E-state index < -0.39 is 95.5 Å². The molecule has 0 radical (unpaired) electrons. The Bertz CT molecular complexity index is 1080. The second-order valence-corrected chi connectivity index (χ2v) is 13.8. The lowest BCUT2D eigenvalue weighted by Crippen LogP contribution is -2.76. The molecular weight excluding hydrogens is 540 g/mol. The topological polar surface area (TPSA) is 207 Å². The van der Waals surface area contributed by atoms with E-state index in [1.807, 2.05) is 6.92 Å². The number of aliphatic hydroxyl groups excluding tert-OH is 6. The molecule has 5 fully saturated rings. The van der Waals surface area contributed by atoms with Gasteiger partial charge >= 0.3 is 5.97 Å². The number of hydrogen-bond donors (Lipinski definition) is 8. The van der Waals surface area contributed by atoms with Crippen LogP contribution in [0.25, 0.3) is 0 Å². The second-order valence-electron chi connectivity index (χ2n) is 13.8. The Labute approximate surface area is 238 Å². The van der Waals surface area contributed by atoms with Gasteiger partial charge in [-0.05, 0) is 56.4 Å². The number of cyclic esters (lactones) is 1. The van der Waals surface area contributed by atoms with Gasteiger partial charge in [0.25, 0.3) is 0 Å². The van der Waals surface area contributed by atoms with Crippen molar-refractivity contribution in [3.05, 3.63) is 11.6 Å². The van der Waals surface area contributed by atoms with Crippen LogP contribution >= 0.6 is 0 Å². The molecule has 6 rings (SSSR count). The van der Waals surface area contributed by atoms with Crippen LogP contribution in [-0.4, -0.2) is 120 Å². The molecule has 41 heavy (non-hydrogen) atoms. The van der Waals surface area contributed by atoms with E-state index in [2.05, 4.69) is 0 Å². The summed E-state index contributed by atoms with van der Waals surface area (Å²) in [6.07, 6.45) is -6.68. The molecule has 6 aliphatic rings. The van der Waals surface area contributed by atoms with E-state index >= 15 is 0 Å². The quantitative estimate of drug-likeness (QED) is 0.140. The lowest BCUT2D eigenvalue weighted by molar-refractivity contribution is -0.342. The summed E-state index contributed by atoms with van der Waals surface area (Å²) in [6, 6.07) is 0. The number of ether oxygens (including phenoxy) is 3. The molecule has 0 spiro atoms. The number of carbonyl (C=O) groups is 1. The third-order valence-corrected chi connectivity index (χ3v) is 12.2. The summed E-state index contributed by atoms with van der Waals surface area (Å²) in [5, 5.41) is 89.6. The fourth-order valence-corrected chi connectivity index (χ4v) is 10.1. The molecule has 15 atom stereocenters. The van der Waals surface area contributed by atoms with E-state index in [0.717, 1.165) is 5.57 Å². The average molecular weight is 585 g/mol. The summed E-state index contributed by atoms with van der Waals surface area (Å²) < 4.78 is 16.7. The zero-order valence-electron chi connectivity index (χ0n) is 23.5. The fourth-order valence-electron chi connectivity index (χ4n) is 10.1. The van der Waals surface area contributed by atoms with Crippen LogP contribution in [0, 0.1) is 28.6 Å². The Morgan fingerprint density at radius 3 is 2.41 bits per heavy atom. The van der Waals surface area contributed by atoms with Crippen molar-refractivity contribution in [3.63, 3.8) is 0 Å². The molecule has 2 aliphatic heterocycles. The van der Waals surface area contributed by atoms with Gasteiger partial charge in [0.05, 0.1) is 47.6 Å². The van der Waals surface area contributed by atoms with Gasteiger partial charge in [0.2, 0.25) is 0 Å². The second kappa shape index (κ2) is 9.91. The van der Waals surface area contributed by atoms with E-state index in [-0.39, 0.29) is 38.2 Å². The van der Waals surface area contributed by atoms with Crippen molar-refractivity contribution in [3.8, 4) is 0 Å². The predicted octanol–water partition coefficient (Wildman–Crippen LogP) is -1.51. The van der Waals surface area contributed by atoms with Gasteiger partial charge in [-0.3, -0.25) is 0 Å². The Morgan fingerprint density at radius 2 is 1.76 bits per heavy atom. The first-order chi connectivity index (χ1) is 19.2. The molecule has 12 nitrogen and oxygen atoms in total. The molecule has 4 saturated carbocycles. The maximum absolute atomic E-state index is 12.4. The van der Waals surface area contributed by atoms with E-state index in [9.17, 15) is 45.6 Å². The maximum Gasteiger partial charge on any atom is 0.331 e. The highest BCUT2D eigenvalue weighted by molar-refractivity contribution is 5.85. The largest absolute Gasteiger partial charge is 0.458 e. The van der Waals surface area contributed by atoms with Gasteiger partial charge in [0, 0.05) is 30.3 Å². The Balaban J connectivity index is 1.28. The first-order valence-electron chi connectivity index (χ1n) is 14.9. The summed E-state index contributed by atoms with van der Waals surface area (Å²) in [5.74, 6) is -1.93. The van der Waals surface area contributed by atoms with Crippen molar-refractivity contribution >= 4 is 5.97 Å². The molecule has 0 aromatic rings. The summed E-state index contributed by atoms with van der Waals surface area (Å²) in [7, 11) is 0. The van der Waals surface area contributed by atoms with Gasteiger partial charge in [-0.2, -0.15) is 0 Å². The molecule has 0 aromatic heterocycles. The molecule has 2 heterocycles. The fraction of sp³-hybridized carbons (Fsp3) is 0.897. The first-order valence-corrected chi connectivity index (χ1v) is 14.9. The van der Waals surface area contributed by atoms with Gasteiger partial charge in [-0.15, -0.1) is 0 Å². The standard InChI is InChI=1S/C29H44O12/c1-13-22(34)23(35)24(36)25(40-13)41-15-8-19(32)28(12-30)21-17(3-5-27(28,37)9-15)29(38)6-4-16(14-7-20(33)39-11-14)26(29,2)10-18(21)31/h7,13,15-19,21-25,30-32,34-38H,3-6,8-12H2,1-2H3/t13-,15-,16+,17+,18+,19-,21?,22-,23+,24+,25-,26+,27-,28+,29-/m0/s1. The minimum Gasteiger partial charge on any atom is -0.458 e.